The molecule has 0 saturated carbocycles. The number of ether oxygens (including phenoxy) is 3. The summed E-state index contributed by atoms with van der Waals surface area (Å²) >= 11 is 0. The van der Waals surface area contributed by atoms with Gasteiger partial charge in [0.15, 0.2) is 11.5 Å². The average molecular weight is 526 g/mol. The van der Waals surface area contributed by atoms with E-state index < -0.39 is 22.5 Å². The largest absolute Gasteiger partial charge is 0.494 e. The standard InChI is InChI=1S/C27H31N3O6S/c1-4-5-17-36-23-14-11-21(12-15-23)19-28-29-27(31)20-30(37(32,33)24-9-7-6-8-10-24)22-13-16-25(34-2)26(18-22)35-3/h6-16,18-19H,4-5,17,20H2,1-3H3,(H,29,31)/b28-19-. The number of amides is 1. The first-order valence-electron chi connectivity index (χ1n) is 11.7. The molecule has 3 rings (SSSR count). The molecule has 1 N–H and O–H groups in total. The van der Waals surface area contributed by atoms with Crippen LogP contribution >= 0.6 is 0 Å². The van der Waals surface area contributed by atoms with Crippen LogP contribution in [0.5, 0.6) is 17.2 Å². The molecule has 0 aliphatic rings. The topological polar surface area (TPSA) is 107 Å². The first kappa shape index (κ1) is 27.5. The van der Waals surface area contributed by atoms with Gasteiger partial charge in [0.05, 0.1) is 37.6 Å². The number of hydrazone groups is 1. The summed E-state index contributed by atoms with van der Waals surface area (Å²) in [5, 5.41) is 3.98. The van der Waals surface area contributed by atoms with Gasteiger partial charge in [-0.3, -0.25) is 9.10 Å². The van der Waals surface area contributed by atoms with E-state index in [1.54, 1.807) is 30.3 Å². The Balaban J connectivity index is 1.77. The molecular weight excluding hydrogens is 494 g/mol. The Bertz CT molecular complexity index is 1300. The predicted molar refractivity (Wildman–Crippen MR) is 143 cm³/mol. The number of benzene rings is 3. The maximum absolute atomic E-state index is 13.5. The number of hydrogen-bond donors (Lipinski definition) is 1. The van der Waals surface area contributed by atoms with Crippen LogP contribution in [0.4, 0.5) is 5.69 Å². The van der Waals surface area contributed by atoms with Crippen LogP contribution in [0, 0.1) is 0 Å². The molecule has 10 heteroatoms. The molecule has 0 radical (unpaired) electrons. The van der Waals surface area contributed by atoms with Crippen LogP contribution in [0.25, 0.3) is 0 Å². The second-order valence-electron chi connectivity index (χ2n) is 7.93. The lowest BCUT2D eigenvalue weighted by atomic mass is 10.2. The monoisotopic (exact) mass is 525 g/mol. The Labute approximate surface area is 217 Å². The van der Waals surface area contributed by atoms with Gasteiger partial charge in [-0.1, -0.05) is 31.5 Å². The lowest BCUT2D eigenvalue weighted by Crippen LogP contribution is -2.39. The summed E-state index contributed by atoms with van der Waals surface area (Å²) in [6, 6.07) is 19.8. The molecule has 0 atom stereocenters. The Morgan fingerprint density at radius 2 is 1.68 bits per heavy atom. The Hall–Kier alpha value is -4.05. The third kappa shape index (κ3) is 7.47. The summed E-state index contributed by atoms with van der Waals surface area (Å²) in [5.74, 6) is 0.893. The number of sulfonamides is 1. The summed E-state index contributed by atoms with van der Waals surface area (Å²) in [5.41, 5.74) is 3.38. The number of carbonyl (C=O) groups excluding carboxylic acids is 1. The van der Waals surface area contributed by atoms with E-state index in [0.717, 1.165) is 28.5 Å². The number of nitrogens with zero attached hydrogens (tertiary/aromatic N) is 2. The number of nitrogens with one attached hydrogen (secondary N) is 1. The predicted octanol–water partition coefficient (Wildman–Crippen LogP) is 4.23. The van der Waals surface area contributed by atoms with E-state index in [9.17, 15) is 13.2 Å². The molecule has 0 bridgehead atoms. The van der Waals surface area contributed by atoms with E-state index in [1.807, 2.05) is 24.3 Å². The first-order chi connectivity index (χ1) is 17.9. The number of rotatable bonds is 13. The first-order valence-corrected chi connectivity index (χ1v) is 13.2. The second kappa shape index (κ2) is 13.3. The van der Waals surface area contributed by atoms with Gasteiger partial charge in [-0.05, 0) is 60.5 Å². The molecule has 196 valence electrons. The highest BCUT2D eigenvalue weighted by molar-refractivity contribution is 7.92. The lowest BCUT2D eigenvalue weighted by Gasteiger charge is -2.24. The van der Waals surface area contributed by atoms with E-state index in [4.69, 9.17) is 14.2 Å². The highest BCUT2D eigenvalue weighted by atomic mass is 32.2. The molecule has 0 fully saturated rings. The van der Waals surface area contributed by atoms with Gasteiger partial charge in [0, 0.05) is 6.07 Å². The minimum Gasteiger partial charge on any atom is -0.494 e. The molecule has 0 unspecified atom stereocenters. The van der Waals surface area contributed by atoms with Crippen LogP contribution < -0.4 is 23.9 Å². The second-order valence-corrected chi connectivity index (χ2v) is 9.79. The fourth-order valence-electron chi connectivity index (χ4n) is 3.34. The molecule has 3 aromatic rings. The number of hydrogen-bond acceptors (Lipinski definition) is 7. The van der Waals surface area contributed by atoms with Crippen molar-refractivity contribution in [1.29, 1.82) is 0 Å². The van der Waals surface area contributed by atoms with Crippen LogP contribution in [-0.4, -0.2) is 47.9 Å². The highest BCUT2D eigenvalue weighted by Gasteiger charge is 2.28. The molecule has 1 amide bonds. The minimum absolute atomic E-state index is 0.0438. The fraction of sp³-hybridized carbons (Fsp3) is 0.259. The van der Waals surface area contributed by atoms with Crippen molar-refractivity contribution in [3.8, 4) is 17.2 Å². The SMILES string of the molecule is CCCCOc1ccc(/C=N\NC(=O)CN(c2ccc(OC)c(OC)c2)S(=O)(=O)c2ccccc2)cc1. The Morgan fingerprint density at radius 3 is 2.32 bits per heavy atom. The van der Waals surface area contributed by atoms with Crippen LogP contribution in [0.15, 0.2) is 82.8 Å². The maximum atomic E-state index is 13.5. The minimum atomic E-state index is -4.08. The lowest BCUT2D eigenvalue weighted by molar-refractivity contribution is -0.119. The Morgan fingerprint density at radius 1 is 0.973 bits per heavy atom. The van der Waals surface area contributed by atoms with Crippen molar-refractivity contribution >= 4 is 27.8 Å². The molecule has 37 heavy (non-hydrogen) atoms. The summed E-state index contributed by atoms with van der Waals surface area (Å²) in [7, 11) is -1.15. The van der Waals surface area contributed by atoms with Crippen molar-refractivity contribution in [2.24, 2.45) is 5.10 Å². The van der Waals surface area contributed by atoms with Crippen LogP contribution in [0.2, 0.25) is 0 Å². The van der Waals surface area contributed by atoms with Crippen molar-refractivity contribution in [1.82, 2.24) is 5.43 Å². The quantitative estimate of drug-likeness (QED) is 0.203. The number of carbonyl (C=O) groups is 1. The third-order valence-corrected chi connectivity index (χ3v) is 7.11. The average Bonchev–Trinajstić information content (AvgIpc) is 2.92. The number of unbranched alkanes of at least 4 members (excludes halogenated alkanes) is 1. The van der Waals surface area contributed by atoms with Gasteiger partial charge in [-0.2, -0.15) is 5.10 Å². The maximum Gasteiger partial charge on any atom is 0.264 e. The zero-order valence-electron chi connectivity index (χ0n) is 21.1. The third-order valence-electron chi connectivity index (χ3n) is 5.32. The van der Waals surface area contributed by atoms with E-state index >= 15 is 0 Å². The highest BCUT2D eigenvalue weighted by Crippen LogP contribution is 2.33. The summed E-state index contributed by atoms with van der Waals surface area (Å²) in [4.78, 5) is 12.8. The van der Waals surface area contributed by atoms with Crippen LogP contribution in [0.3, 0.4) is 0 Å². The van der Waals surface area contributed by atoms with Crippen LogP contribution in [-0.2, 0) is 14.8 Å². The van der Waals surface area contributed by atoms with E-state index in [1.165, 1.54) is 38.6 Å². The molecule has 0 aliphatic heterocycles. The van der Waals surface area contributed by atoms with Gasteiger partial charge in [0.2, 0.25) is 0 Å². The van der Waals surface area contributed by atoms with E-state index in [2.05, 4.69) is 17.5 Å². The van der Waals surface area contributed by atoms with Gasteiger partial charge >= 0.3 is 0 Å². The molecule has 0 heterocycles. The van der Waals surface area contributed by atoms with Gasteiger partial charge in [0.1, 0.15) is 12.3 Å². The molecular formula is C27H31N3O6S. The Kier molecular flexibility index (Phi) is 9.91. The van der Waals surface area contributed by atoms with Crippen molar-refractivity contribution in [3.05, 3.63) is 78.4 Å². The van der Waals surface area contributed by atoms with Gasteiger partial charge in [0.25, 0.3) is 15.9 Å². The van der Waals surface area contributed by atoms with Gasteiger partial charge in [-0.25, -0.2) is 13.8 Å². The van der Waals surface area contributed by atoms with Gasteiger partial charge < -0.3 is 14.2 Å². The van der Waals surface area contributed by atoms with Crippen LogP contribution in [0.1, 0.15) is 25.3 Å². The molecule has 0 spiro atoms. The molecule has 9 nitrogen and oxygen atoms in total. The van der Waals surface area contributed by atoms with Gasteiger partial charge in [-0.15, -0.1) is 0 Å². The normalized spacial score (nSPS) is 11.2. The molecule has 0 saturated heterocycles. The molecule has 0 aromatic heterocycles. The smallest absolute Gasteiger partial charge is 0.264 e. The molecule has 3 aromatic carbocycles. The zero-order chi connectivity index (χ0) is 26.7. The number of anilines is 1. The summed E-state index contributed by atoms with van der Waals surface area (Å²) in [6.45, 7) is 2.25. The van der Waals surface area contributed by atoms with Crippen molar-refractivity contribution < 1.29 is 27.4 Å². The summed E-state index contributed by atoms with van der Waals surface area (Å²) in [6.07, 6.45) is 3.51. The van der Waals surface area contributed by atoms with E-state index in [0.29, 0.717) is 18.1 Å². The summed E-state index contributed by atoms with van der Waals surface area (Å²) < 4.78 is 44.1. The molecule has 0 aliphatic carbocycles. The van der Waals surface area contributed by atoms with Crippen molar-refractivity contribution in [3.63, 3.8) is 0 Å². The van der Waals surface area contributed by atoms with E-state index in [-0.39, 0.29) is 10.6 Å². The number of methoxy groups -OCH3 is 2. The van der Waals surface area contributed by atoms with Crippen molar-refractivity contribution in [2.45, 2.75) is 24.7 Å². The fourth-order valence-corrected chi connectivity index (χ4v) is 4.78. The van der Waals surface area contributed by atoms with Crippen molar-refractivity contribution in [2.75, 3.05) is 31.7 Å². The zero-order valence-corrected chi connectivity index (χ0v) is 21.9.